The lowest BCUT2D eigenvalue weighted by molar-refractivity contribution is 0.460. The molecule has 182 valence electrons. The van der Waals surface area contributed by atoms with E-state index in [9.17, 15) is 13.2 Å². The van der Waals surface area contributed by atoms with Crippen LogP contribution in [-0.4, -0.2) is 28.2 Å². The van der Waals surface area contributed by atoms with Crippen molar-refractivity contribution in [3.63, 3.8) is 0 Å². The van der Waals surface area contributed by atoms with E-state index in [-0.39, 0.29) is 22.9 Å². The number of hydrogen-bond acceptors (Lipinski definition) is 6. The van der Waals surface area contributed by atoms with Gasteiger partial charge in [-0.05, 0) is 48.0 Å². The molecule has 9 nitrogen and oxygen atoms in total. The fourth-order valence-electron chi connectivity index (χ4n) is 3.61. The predicted molar refractivity (Wildman–Crippen MR) is 136 cm³/mol. The lowest BCUT2D eigenvalue weighted by atomic mass is 10.2. The molecule has 5 aromatic rings. The monoisotopic (exact) mass is 521 g/mol. The summed E-state index contributed by atoms with van der Waals surface area (Å²) in [7, 11) is -3.86. The van der Waals surface area contributed by atoms with Gasteiger partial charge in [0, 0.05) is 34.9 Å². The van der Waals surface area contributed by atoms with Crippen molar-refractivity contribution in [2.24, 2.45) is 0 Å². The number of H-pyrrole nitrogens is 1. The summed E-state index contributed by atoms with van der Waals surface area (Å²) in [6.45, 7) is 0.430. The van der Waals surface area contributed by atoms with E-state index in [1.165, 1.54) is 24.4 Å². The quantitative estimate of drug-likeness (QED) is 0.317. The molecule has 0 aliphatic carbocycles. The van der Waals surface area contributed by atoms with Gasteiger partial charge in [-0.1, -0.05) is 29.8 Å². The number of pyridine rings is 2. The second-order valence-corrected chi connectivity index (χ2v) is 10.1. The molecule has 2 aromatic carbocycles. The molecule has 3 aromatic heterocycles. The van der Waals surface area contributed by atoms with Crippen molar-refractivity contribution >= 4 is 32.5 Å². The molecule has 36 heavy (non-hydrogen) atoms. The molecule has 0 amide bonds. The van der Waals surface area contributed by atoms with E-state index in [1.54, 1.807) is 53.2 Å². The molecule has 3 heterocycles. The topological polar surface area (TPSA) is 119 Å². The Morgan fingerprint density at radius 1 is 1.03 bits per heavy atom. The Balaban J connectivity index is 1.27. The minimum Gasteiger partial charge on any atom is -0.439 e. The van der Waals surface area contributed by atoms with Crippen LogP contribution in [0.15, 0.2) is 94.9 Å². The number of sulfonamides is 1. The summed E-state index contributed by atoms with van der Waals surface area (Å²) in [5.74, 6) is 0.610. The third-order valence-corrected chi connectivity index (χ3v) is 7.08. The summed E-state index contributed by atoms with van der Waals surface area (Å²) < 4.78 is 35.7. The van der Waals surface area contributed by atoms with Crippen LogP contribution >= 0.6 is 11.6 Å². The van der Waals surface area contributed by atoms with Crippen LogP contribution in [-0.2, 0) is 23.1 Å². The number of halogens is 1. The van der Waals surface area contributed by atoms with Gasteiger partial charge in [0.15, 0.2) is 0 Å². The summed E-state index contributed by atoms with van der Waals surface area (Å²) >= 11 is 6.05. The van der Waals surface area contributed by atoms with E-state index in [4.69, 9.17) is 16.3 Å². The zero-order chi connectivity index (χ0) is 25.1. The minimum absolute atomic E-state index is 0.00362. The highest BCUT2D eigenvalue weighted by Crippen LogP contribution is 2.24. The first-order valence-electron chi connectivity index (χ1n) is 10.9. The highest BCUT2D eigenvalue weighted by molar-refractivity contribution is 7.89. The van der Waals surface area contributed by atoms with E-state index in [1.807, 2.05) is 12.1 Å². The van der Waals surface area contributed by atoms with Gasteiger partial charge in [-0.2, -0.15) is 5.10 Å². The van der Waals surface area contributed by atoms with Gasteiger partial charge < -0.3 is 9.30 Å². The smallest absolute Gasteiger partial charge is 0.250 e. The number of ether oxygens (including phenoxy) is 1. The third kappa shape index (κ3) is 5.30. The SMILES string of the molecule is O=c1ccccn1Cc1ccc(Oc2cc(S(=O)(=O)NCc3[nH]nc4ccc(Cl)cc34)ccn2)cc1. The Kier molecular flexibility index (Phi) is 6.55. The molecule has 0 bridgehead atoms. The first-order valence-corrected chi connectivity index (χ1v) is 12.7. The number of fused-ring (bicyclic) bond motifs is 1. The molecule has 0 radical (unpaired) electrons. The molecule has 0 atom stereocenters. The van der Waals surface area contributed by atoms with Gasteiger partial charge in [0.2, 0.25) is 15.9 Å². The van der Waals surface area contributed by atoms with E-state index in [0.717, 1.165) is 10.9 Å². The summed E-state index contributed by atoms with van der Waals surface area (Å²) in [4.78, 5) is 16.0. The van der Waals surface area contributed by atoms with Crippen LogP contribution in [0, 0.1) is 0 Å². The Hall–Kier alpha value is -3.99. The van der Waals surface area contributed by atoms with Crippen LogP contribution in [0.2, 0.25) is 5.02 Å². The molecule has 0 aliphatic rings. The standard InChI is InChI=1S/C25H20ClN5O4S/c26-18-6-9-22-21(13-18)23(30-29-22)15-28-36(33,34)20-10-11-27-24(14-20)35-19-7-4-17(5-8-19)16-31-12-2-1-3-25(31)32/h1-14,28H,15-16H2,(H,29,30). The van der Waals surface area contributed by atoms with E-state index in [0.29, 0.717) is 28.5 Å². The van der Waals surface area contributed by atoms with Gasteiger partial charge in [-0.3, -0.25) is 9.89 Å². The fraction of sp³-hybridized carbons (Fsp3) is 0.0800. The fourth-order valence-corrected chi connectivity index (χ4v) is 4.78. The molecule has 0 aliphatic heterocycles. The summed E-state index contributed by atoms with van der Waals surface area (Å²) in [6.07, 6.45) is 3.09. The van der Waals surface area contributed by atoms with Gasteiger partial charge in [0.1, 0.15) is 5.75 Å². The highest BCUT2D eigenvalue weighted by atomic mass is 35.5. The van der Waals surface area contributed by atoms with Crippen molar-refractivity contribution in [1.29, 1.82) is 0 Å². The Morgan fingerprint density at radius 2 is 1.86 bits per heavy atom. The van der Waals surface area contributed by atoms with Gasteiger partial charge in [0.25, 0.3) is 5.56 Å². The summed E-state index contributed by atoms with van der Waals surface area (Å²) in [6, 6.07) is 20.1. The molecule has 0 saturated carbocycles. The normalized spacial score (nSPS) is 11.6. The Morgan fingerprint density at radius 3 is 2.67 bits per heavy atom. The molecule has 0 spiro atoms. The molecule has 0 saturated heterocycles. The van der Waals surface area contributed by atoms with Crippen LogP contribution in [0.4, 0.5) is 0 Å². The van der Waals surface area contributed by atoms with Crippen LogP contribution in [0.3, 0.4) is 0 Å². The largest absolute Gasteiger partial charge is 0.439 e. The first-order chi connectivity index (χ1) is 17.4. The predicted octanol–water partition coefficient (Wildman–Crippen LogP) is 4.09. The third-order valence-electron chi connectivity index (χ3n) is 5.45. The second-order valence-electron chi connectivity index (χ2n) is 7.93. The number of nitrogens with one attached hydrogen (secondary N) is 2. The second kappa shape index (κ2) is 9.94. The van der Waals surface area contributed by atoms with Gasteiger partial charge in [-0.15, -0.1) is 0 Å². The van der Waals surface area contributed by atoms with E-state index < -0.39 is 10.0 Å². The average Bonchev–Trinajstić information content (AvgIpc) is 3.28. The van der Waals surface area contributed by atoms with Gasteiger partial charge in [0.05, 0.1) is 29.2 Å². The van der Waals surface area contributed by atoms with Crippen molar-refractivity contribution in [3.05, 3.63) is 112 Å². The molecule has 5 rings (SSSR count). The van der Waals surface area contributed by atoms with Crippen molar-refractivity contribution < 1.29 is 13.2 Å². The zero-order valence-corrected chi connectivity index (χ0v) is 20.3. The number of nitrogens with zero attached hydrogens (tertiary/aromatic N) is 3. The Labute approximate surface area is 211 Å². The first kappa shape index (κ1) is 23.7. The van der Waals surface area contributed by atoms with Crippen molar-refractivity contribution in [2.75, 3.05) is 0 Å². The molecule has 11 heteroatoms. The van der Waals surface area contributed by atoms with E-state index in [2.05, 4.69) is 19.9 Å². The number of aromatic amines is 1. The van der Waals surface area contributed by atoms with Crippen molar-refractivity contribution in [3.8, 4) is 11.6 Å². The number of rotatable bonds is 8. The number of benzene rings is 2. The van der Waals surface area contributed by atoms with Crippen LogP contribution in [0.1, 0.15) is 11.3 Å². The Bertz CT molecular complexity index is 1700. The lowest BCUT2D eigenvalue weighted by Crippen LogP contribution is -2.23. The molecule has 0 fully saturated rings. The molecular weight excluding hydrogens is 502 g/mol. The van der Waals surface area contributed by atoms with Gasteiger partial charge >= 0.3 is 0 Å². The van der Waals surface area contributed by atoms with Crippen molar-refractivity contribution in [2.45, 2.75) is 18.0 Å². The lowest BCUT2D eigenvalue weighted by Gasteiger charge is -2.10. The highest BCUT2D eigenvalue weighted by Gasteiger charge is 2.17. The minimum atomic E-state index is -3.86. The molecular formula is C25H20ClN5O4S. The summed E-state index contributed by atoms with van der Waals surface area (Å²) in [5.41, 5.74) is 2.12. The average molecular weight is 522 g/mol. The van der Waals surface area contributed by atoms with Gasteiger partial charge in [-0.25, -0.2) is 18.1 Å². The maximum Gasteiger partial charge on any atom is 0.250 e. The maximum atomic E-state index is 12.9. The maximum absolute atomic E-state index is 12.9. The molecule has 2 N–H and O–H groups in total. The summed E-state index contributed by atoms with van der Waals surface area (Å²) in [5, 5.41) is 8.28. The van der Waals surface area contributed by atoms with Crippen LogP contribution < -0.4 is 15.0 Å². The van der Waals surface area contributed by atoms with Crippen LogP contribution in [0.25, 0.3) is 10.9 Å². The van der Waals surface area contributed by atoms with Crippen molar-refractivity contribution in [1.82, 2.24) is 24.5 Å². The number of aromatic nitrogens is 4. The molecule has 0 unspecified atom stereocenters. The number of hydrogen-bond donors (Lipinski definition) is 2. The zero-order valence-electron chi connectivity index (χ0n) is 18.8. The van der Waals surface area contributed by atoms with Crippen LogP contribution in [0.5, 0.6) is 11.6 Å². The van der Waals surface area contributed by atoms with E-state index >= 15 is 0 Å².